The number of aliphatic hydroxyl groups is 13. The molecular formula is C62H100O22. The number of carbonyl (C=O) groups is 2. The molecule has 11 rings (SSSR count). The second-order valence-electron chi connectivity index (χ2n) is 29.4. The lowest BCUT2D eigenvalue weighted by atomic mass is 9.41. The van der Waals surface area contributed by atoms with Crippen molar-refractivity contribution >= 4 is 11.9 Å². The third-order valence-corrected chi connectivity index (χ3v) is 25.2. The van der Waals surface area contributed by atoms with E-state index in [2.05, 4.69) is 34.3 Å². The van der Waals surface area contributed by atoms with Crippen LogP contribution in [0.5, 0.6) is 0 Å². The van der Waals surface area contributed by atoms with Crippen molar-refractivity contribution in [3.05, 3.63) is 12.2 Å². The highest BCUT2D eigenvalue weighted by atomic mass is 16.8. The summed E-state index contributed by atoms with van der Waals surface area (Å²) in [5.74, 6) is 2.02. The predicted octanol–water partition coefficient (Wildman–Crippen LogP) is 1.54. The number of carboxylic acids is 1. The molecule has 22 heteroatoms. The van der Waals surface area contributed by atoms with Crippen LogP contribution in [0.3, 0.4) is 0 Å². The summed E-state index contributed by atoms with van der Waals surface area (Å²) < 4.78 is 35.6. The first-order chi connectivity index (χ1) is 39.6. The smallest absolute Gasteiger partial charge is 0.314 e. The molecule has 31 atom stereocenters. The third kappa shape index (κ3) is 10.9. The molecule has 480 valence electrons. The third-order valence-electron chi connectivity index (χ3n) is 25.2. The summed E-state index contributed by atoms with van der Waals surface area (Å²) >= 11 is 0. The first kappa shape index (κ1) is 64.9. The van der Waals surface area contributed by atoms with E-state index < -0.39 is 135 Å². The highest BCUT2D eigenvalue weighted by Gasteiger charge is 2.70. The van der Waals surface area contributed by atoms with Crippen molar-refractivity contribution in [2.75, 3.05) is 19.8 Å². The zero-order chi connectivity index (χ0) is 61.0. The minimum atomic E-state index is -1.81. The number of ether oxygens (including phenoxy) is 6. The van der Waals surface area contributed by atoms with Gasteiger partial charge in [0.15, 0.2) is 12.6 Å². The number of fused-ring (bicyclic) bond motifs is 8. The van der Waals surface area contributed by atoms with Gasteiger partial charge in [0.25, 0.3) is 0 Å². The van der Waals surface area contributed by atoms with Gasteiger partial charge in [-0.05, 0) is 191 Å². The Morgan fingerprint density at radius 1 is 0.607 bits per heavy atom. The number of hydrogen-bond acceptors (Lipinski definition) is 21. The van der Waals surface area contributed by atoms with Crippen molar-refractivity contribution in [2.45, 2.75) is 267 Å². The van der Waals surface area contributed by atoms with E-state index in [1.165, 1.54) is 25.7 Å². The summed E-state index contributed by atoms with van der Waals surface area (Å²) in [6.45, 7) is 13.7. The van der Waals surface area contributed by atoms with E-state index in [4.69, 9.17) is 33.5 Å². The van der Waals surface area contributed by atoms with Crippen LogP contribution in [0.4, 0.5) is 0 Å². The molecule has 8 aliphatic carbocycles. The molecule has 3 aliphatic heterocycles. The number of esters is 1. The van der Waals surface area contributed by atoms with Crippen molar-refractivity contribution in [1.29, 1.82) is 0 Å². The van der Waals surface area contributed by atoms with E-state index in [0.29, 0.717) is 80.0 Å². The van der Waals surface area contributed by atoms with Crippen molar-refractivity contribution in [3.8, 4) is 0 Å². The zero-order valence-corrected chi connectivity index (χ0v) is 49.7. The molecule has 0 aromatic carbocycles. The summed E-state index contributed by atoms with van der Waals surface area (Å²) in [5, 5.41) is 144. The molecule has 0 unspecified atom stereocenters. The van der Waals surface area contributed by atoms with Crippen LogP contribution in [0.1, 0.15) is 157 Å². The lowest BCUT2D eigenvalue weighted by Crippen LogP contribution is -2.65. The molecule has 0 amide bonds. The molecule has 1 spiro atoms. The van der Waals surface area contributed by atoms with Gasteiger partial charge in [0.05, 0.1) is 43.0 Å². The summed E-state index contributed by atoms with van der Waals surface area (Å²) in [6, 6.07) is 0. The average Bonchev–Trinajstić information content (AvgIpc) is 1.42. The Morgan fingerprint density at radius 2 is 1.19 bits per heavy atom. The molecule has 22 nitrogen and oxygen atoms in total. The first-order valence-corrected chi connectivity index (χ1v) is 31.6. The highest BCUT2D eigenvalue weighted by molar-refractivity contribution is 5.77. The second kappa shape index (κ2) is 24.3. The SMILES string of the molecule is C=C1C[C@@]23CC[C@H]4[C@@](C)(CCC[C@@]4(C)C(=O)O[C@@H]4O[C@H](CO)[C@@H](O)[C@H](O)[C@H]4O)[C@@H]2CC[C@]1(O[C@@H]1O[C@H](CO)[C@@H](O)[C@H](O)[C@H]1O[C@@H]1O[C@H](CO)[C@@H](O)[C@H](O)[C@H]1O)C3.C[C@H](CCC(=O)O)[C@H]1CC[C@H]2[C@@H]3C[C@H](O)[C@@H]4C[C@H](O)CC[C@]4(C)[C@H]3CC[C@]12C. The quantitative estimate of drug-likeness (QED) is 0.0706. The van der Waals surface area contributed by atoms with Gasteiger partial charge in [-0.3, -0.25) is 9.59 Å². The van der Waals surface area contributed by atoms with Crippen LogP contribution >= 0.6 is 0 Å². The van der Waals surface area contributed by atoms with Gasteiger partial charge in [-0.25, -0.2) is 0 Å². The fraction of sp³-hybridized carbons (Fsp3) is 0.935. The highest BCUT2D eigenvalue weighted by Crippen LogP contribution is 2.74. The van der Waals surface area contributed by atoms with Gasteiger partial charge in [0, 0.05) is 6.42 Å². The van der Waals surface area contributed by atoms with Gasteiger partial charge >= 0.3 is 11.9 Å². The number of rotatable bonds is 13. The maximum atomic E-state index is 14.1. The molecule has 14 N–H and O–H groups in total. The van der Waals surface area contributed by atoms with E-state index in [1.54, 1.807) is 0 Å². The number of aliphatic hydroxyl groups excluding tert-OH is 13. The lowest BCUT2D eigenvalue weighted by Gasteiger charge is -2.64. The Labute approximate surface area is 492 Å². The van der Waals surface area contributed by atoms with E-state index in [1.807, 2.05) is 6.92 Å². The average molecular weight is 1200 g/mol. The number of aliphatic carboxylic acids is 1. The van der Waals surface area contributed by atoms with Crippen LogP contribution in [0, 0.1) is 74.4 Å². The topological polar surface area (TPSA) is 373 Å². The Kier molecular flexibility index (Phi) is 18.8. The summed E-state index contributed by atoms with van der Waals surface area (Å²) in [4.78, 5) is 25.2. The predicted molar refractivity (Wildman–Crippen MR) is 295 cm³/mol. The maximum Gasteiger partial charge on any atom is 0.314 e. The van der Waals surface area contributed by atoms with Crippen LogP contribution in [-0.4, -0.2) is 213 Å². The van der Waals surface area contributed by atoms with Crippen LogP contribution in [0.2, 0.25) is 0 Å². The van der Waals surface area contributed by atoms with Gasteiger partial charge < -0.3 is 99.9 Å². The fourth-order valence-corrected chi connectivity index (χ4v) is 20.8. The Bertz CT molecular complexity index is 2340. The number of hydrogen-bond donors (Lipinski definition) is 14. The minimum Gasteiger partial charge on any atom is -0.481 e. The van der Waals surface area contributed by atoms with Gasteiger partial charge in [-0.2, -0.15) is 0 Å². The summed E-state index contributed by atoms with van der Waals surface area (Å²) in [7, 11) is 0. The van der Waals surface area contributed by atoms with Gasteiger partial charge in [-0.15, -0.1) is 0 Å². The van der Waals surface area contributed by atoms with Crippen molar-refractivity contribution in [2.24, 2.45) is 74.4 Å². The largest absolute Gasteiger partial charge is 0.481 e. The molecule has 0 radical (unpaired) electrons. The Hall–Kier alpha value is -2.04. The Balaban J connectivity index is 0.000000234. The number of carboxylic acid groups (broad SMARTS) is 1. The zero-order valence-electron chi connectivity index (χ0n) is 49.7. The molecule has 0 aromatic heterocycles. The van der Waals surface area contributed by atoms with Crippen LogP contribution in [-0.2, 0) is 38.0 Å². The molecule has 11 fully saturated rings. The van der Waals surface area contributed by atoms with Crippen LogP contribution in [0.25, 0.3) is 0 Å². The lowest BCUT2D eigenvalue weighted by molar-refractivity contribution is -0.378. The van der Waals surface area contributed by atoms with E-state index in [0.717, 1.165) is 50.5 Å². The van der Waals surface area contributed by atoms with E-state index >= 15 is 0 Å². The second-order valence-corrected chi connectivity index (χ2v) is 29.4. The van der Waals surface area contributed by atoms with Crippen LogP contribution < -0.4 is 0 Å². The van der Waals surface area contributed by atoms with Gasteiger partial charge in [0.2, 0.25) is 6.29 Å². The van der Waals surface area contributed by atoms with Crippen molar-refractivity contribution in [1.82, 2.24) is 0 Å². The molecule has 0 aromatic rings. The van der Waals surface area contributed by atoms with E-state index in [-0.39, 0.29) is 52.6 Å². The van der Waals surface area contributed by atoms with Crippen LogP contribution in [0.15, 0.2) is 12.2 Å². The molecule has 3 heterocycles. The minimum absolute atomic E-state index is 0.121. The van der Waals surface area contributed by atoms with Crippen molar-refractivity contribution < 1.29 is 110 Å². The summed E-state index contributed by atoms with van der Waals surface area (Å²) in [6.07, 6.45) is -8.67. The molecule has 8 saturated carbocycles. The number of carbonyl (C=O) groups excluding carboxylic acids is 1. The Morgan fingerprint density at radius 3 is 1.83 bits per heavy atom. The van der Waals surface area contributed by atoms with Gasteiger partial charge in [-0.1, -0.05) is 40.7 Å². The fourth-order valence-electron chi connectivity index (χ4n) is 20.8. The summed E-state index contributed by atoms with van der Waals surface area (Å²) in [5.41, 5.74) is -1.32. The normalized spacial score (nSPS) is 53.6. The van der Waals surface area contributed by atoms with Crippen molar-refractivity contribution in [3.63, 3.8) is 0 Å². The maximum absolute atomic E-state index is 14.1. The van der Waals surface area contributed by atoms with E-state index in [9.17, 15) is 76.0 Å². The first-order valence-electron chi connectivity index (χ1n) is 31.6. The molecule has 2 bridgehead atoms. The standard InChI is InChI=1S/C38H60O18.C24H40O4/c1-16-11-37-9-5-20-35(2,7-4-8-36(20,3)34(50)55-32-29(49)26(46)23(43)18(13-40)52-32)21(37)6-10-38(16,15-37)56-33-30(27(47)24(44)19(14-41)53-33)54-31-28(48)25(45)22(42)17(12-39)51-31;1-14(4-7-22(27)28)17-5-6-18-16-13-21(26)20-12-15(25)8-10-24(20,3)19(16)9-11-23(17,18)2/h17-33,39-49H,1,4-15H2,2-3H3;14-21,25-26H,4-13H2,1-3H3,(H,27,28)/t17-,18-,19-,20+,21+,22-,23-,24-,25+,26+,27+,28-,29-,30-,31+,32+,33+,35-,36-,37-,38+;14-,15-,16+,17-,18+,19+,20+,21+,23-,24-/m11/s1. The molecule has 11 aliphatic rings. The molecule has 3 saturated heterocycles. The molecular weight excluding hydrogens is 1100 g/mol. The van der Waals surface area contributed by atoms with Gasteiger partial charge in [0.1, 0.15) is 73.2 Å². The monoisotopic (exact) mass is 1200 g/mol. The molecule has 84 heavy (non-hydrogen) atoms.